The van der Waals surface area contributed by atoms with E-state index in [0.29, 0.717) is 5.82 Å². The topological polar surface area (TPSA) is 59.1 Å². The van der Waals surface area contributed by atoms with Crippen LogP contribution in [-0.2, 0) is 5.60 Å². The van der Waals surface area contributed by atoms with Crippen LogP contribution in [0.15, 0.2) is 18.3 Å². The monoisotopic (exact) mass is 164 g/mol. The first-order chi connectivity index (χ1) is 5.71. The lowest BCUT2D eigenvalue weighted by Crippen LogP contribution is -2.33. The molecule has 64 valence electrons. The van der Waals surface area contributed by atoms with E-state index in [0.717, 1.165) is 24.8 Å². The first kappa shape index (κ1) is 7.55. The molecule has 0 bridgehead atoms. The van der Waals surface area contributed by atoms with Crippen molar-refractivity contribution in [2.75, 3.05) is 5.73 Å². The number of pyridine rings is 1. The zero-order valence-electron chi connectivity index (χ0n) is 6.83. The van der Waals surface area contributed by atoms with Crippen LogP contribution in [0.5, 0.6) is 0 Å². The number of hydrogen-bond acceptors (Lipinski definition) is 3. The predicted octanol–water partition coefficient (Wildman–Crippen LogP) is 1.04. The van der Waals surface area contributed by atoms with Gasteiger partial charge in [0.05, 0.1) is 5.60 Å². The molecule has 0 atom stereocenters. The molecule has 12 heavy (non-hydrogen) atoms. The molecule has 1 saturated carbocycles. The summed E-state index contributed by atoms with van der Waals surface area (Å²) in [6.07, 6.45) is 4.45. The minimum Gasteiger partial charge on any atom is -0.385 e. The van der Waals surface area contributed by atoms with E-state index in [1.807, 2.05) is 6.07 Å². The molecule has 1 aliphatic carbocycles. The van der Waals surface area contributed by atoms with Crippen molar-refractivity contribution in [1.82, 2.24) is 4.98 Å². The second-order valence-corrected chi connectivity index (χ2v) is 3.36. The van der Waals surface area contributed by atoms with Crippen LogP contribution in [0.3, 0.4) is 0 Å². The summed E-state index contributed by atoms with van der Waals surface area (Å²) < 4.78 is 0. The van der Waals surface area contributed by atoms with Crippen LogP contribution < -0.4 is 5.73 Å². The van der Waals surface area contributed by atoms with E-state index < -0.39 is 5.60 Å². The van der Waals surface area contributed by atoms with Crippen LogP contribution in [0.25, 0.3) is 0 Å². The van der Waals surface area contributed by atoms with Crippen LogP contribution >= 0.6 is 0 Å². The Bertz CT molecular complexity index is 277. The third kappa shape index (κ3) is 1.06. The summed E-state index contributed by atoms with van der Waals surface area (Å²) in [6, 6.07) is 3.58. The summed E-state index contributed by atoms with van der Waals surface area (Å²) in [5.41, 5.74) is 5.72. The molecule has 0 amide bonds. The first-order valence-corrected chi connectivity index (χ1v) is 4.15. The molecule has 1 heterocycles. The van der Waals surface area contributed by atoms with Crippen molar-refractivity contribution < 1.29 is 5.11 Å². The van der Waals surface area contributed by atoms with Crippen molar-refractivity contribution in [2.24, 2.45) is 0 Å². The Labute approximate surface area is 71.2 Å². The highest BCUT2D eigenvalue weighted by atomic mass is 16.3. The first-order valence-electron chi connectivity index (χ1n) is 4.15. The molecule has 0 unspecified atom stereocenters. The third-order valence-corrected chi connectivity index (χ3v) is 2.50. The second kappa shape index (κ2) is 2.45. The fraction of sp³-hybridized carbons (Fsp3) is 0.444. The van der Waals surface area contributed by atoms with E-state index >= 15 is 0 Å². The molecule has 0 saturated heterocycles. The maximum atomic E-state index is 9.89. The van der Waals surface area contributed by atoms with Crippen molar-refractivity contribution in [1.29, 1.82) is 0 Å². The highest BCUT2D eigenvalue weighted by Gasteiger charge is 2.36. The molecule has 2 rings (SSSR count). The van der Waals surface area contributed by atoms with Crippen LogP contribution in [0, 0.1) is 0 Å². The van der Waals surface area contributed by atoms with Gasteiger partial charge in [0.25, 0.3) is 0 Å². The molecule has 0 radical (unpaired) electrons. The number of rotatable bonds is 1. The van der Waals surface area contributed by atoms with Crippen molar-refractivity contribution in [3.8, 4) is 0 Å². The second-order valence-electron chi connectivity index (χ2n) is 3.36. The Hall–Kier alpha value is -1.09. The molecule has 1 aromatic heterocycles. The van der Waals surface area contributed by atoms with E-state index in [9.17, 15) is 5.11 Å². The minimum absolute atomic E-state index is 0.502. The van der Waals surface area contributed by atoms with Gasteiger partial charge in [0.2, 0.25) is 0 Å². The normalized spacial score (nSPS) is 20.1. The van der Waals surface area contributed by atoms with Gasteiger partial charge in [-0.15, -0.1) is 0 Å². The Morgan fingerprint density at radius 3 is 2.58 bits per heavy atom. The Balaban J connectivity index is 2.28. The molecule has 0 spiro atoms. The molecule has 0 aliphatic heterocycles. The summed E-state index contributed by atoms with van der Waals surface area (Å²) in [5, 5.41) is 9.89. The molecular weight excluding hydrogens is 152 g/mol. The van der Waals surface area contributed by atoms with Crippen LogP contribution in [-0.4, -0.2) is 10.1 Å². The average Bonchev–Trinajstić information content (AvgIpc) is 2.02. The highest BCUT2D eigenvalue weighted by molar-refractivity contribution is 5.32. The van der Waals surface area contributed by atoms with Gasteiger partial charge in [0.1, 0.15) is 5.82 Å². The maximum Gasteiger partial charge on any atom is 0.123 e. The quantitative estimate of drug-likeness (QED) is 0.651. The summed E-state index contributed by atoms with van der Waals surface area (Å²) >= 11 is 0. The standard InChI is InChI=1S/C9H12N2O/c10-8-3-2-7(6-11-8)9(12)4-1-5-9/h2-3,6,12H,1,4-5H2,(H2,10,11). The zero-order chi connectivity index (χ0) is 8.60. The van der Waals surface area contributed by atoms with E-state index in [-0.39, 0.29) is 0 Å². The summed E-state index contributed by atoms with van der Waals surface area (Å²) in [4.78, 5) is 3.95. The number of nitrogen functional groups attached to an aromatic ring is 1. The van der Waals surface area contributed by atoms with Crippen molar-refractivity contribution in [2.45, 2.75) is 24.9 Å². The summed E-state index contributed by atoms with van der Waals surface area (Å²) in [5.74, 6) is 0.502. The fourth-order valence-electron chi connectivity index (χ4n) is 1.48. The number of aromatic nitrogens is 1. The van der Waals surface area contributed by atoms with Crippen LogP contribution in [0.1, 0.15) is 24.8 Å². The lowest BCUT2D eigenvalue weighted by molar-refractivity contribution is -0.0390. The molecule has 1 fully saturated rings. The molecular formula is C9H12N2O. The molecule has 1 aromatic rings. The third-order valence-electron chi connectivity index (χ3n) is 2.50. The van der Waals surface area contributed by atoms with Gasteiger partial charge >= 0.3 is 0 Å². The number of nitrogens with two attached hydrogens (primary N) is 1. The smallest absolute Gasteiger partial charge is 0.123 e. The van der Waals surface area contributed by atoms with Gasteiger partial charge in [-0.2, -0.15) is 0 Å². The predicted molar refractivity (Wildman–Crippen MR) is 46.4 cm³/mol. The molecule has 0 aromatic carbocycles. The zero-order valence-corrected chi connectivity index (χ0v) is 6.83. The Kier molecular flexibility index (Phi) is 1.54. The summed E-state index contributed by atoms with van der Waals surface area (Å²) in [7, 11) is 0. The SMILES string of the molecule is Nc1ccc(C2(O)CCC2)cn1. The molecule has 3 nitrogen and oxygen atoms in total. The van der Waals surface area contributed by atoms with E-state index in [4.69, 9.17) is 5.73 Å². The van der Waals surface area contributed by atoms with E-state index in [1.54, 1.807) is 12.3 Å². The largest absolute Gasteiger partial charge is 0.385 e. The van der Waals surface area contributed by atoms with Crippen LogP contribution in [0.2, 0.25) is 0 Å². The maximum absolute atomic E-state index is 9.89. The lowest BCUT2D eigenvalue weighted by atomic mass is 9.76. The van der Waals surface area contributed by atoms with Crippen molar-refractivity contribution in [3.63, 3.8) is 0 Å². The van der Waals surface area contributed by atoms with Gasteiger partial charge in [-0.25, -0.2) is 4.98 Å². The molecule has 3 N–H and O–H groups in total. The molecule has 3 heteroatoms. The van der Waals surface area contributed by atoms with E-state index in [1.165, 1.54) is 0 Å². The Morgan fingerprint density at radius 1 is 1.42 bits per heavy atom. The molecule has 1 aliphatic rings. The fourth-order valence-corrected chi connectivity index (χ4v) is 1.48. The van der Waals surface area contributed by atoms with Gasteiger partial charge in [0, 0.05) is 11.8 Å². The number of hydrogen-bond donors (Lipinski definition) is 2. The van der Waals surface area contributed by atoms with Gasteiger partial charge in [0.15, 0.2) is 0 Å². The average molecular weight is 164 g/mol. The van der Waals surface area contributed by atoms with Crippen molar-refractivity contribution >= 4 is 5.82 Å². The summed E-state index contributed by atoms with van der Waals surface area (Å²) in [6.45, 7) is 0. The van der Waals surface area contributed by atoms with E-state index in [2.05, 4.69) is 4.98 Å². The minimum atomic E-state index is -0.610. The van der Waals surface area contributed by atoms with Gasteiger partial charge < -0.3 is 10.8 Å². The number of aliphatic hydroxyl groups is 1. The van der Waals surface area contributed by atoms with Crippen LogP contribution in [0.4, 0.5) is 5.82 Å². The number of nitrogens with zero attached hydrogens (tertiary/aromatic N) is 1. The Morgan fingerprint density at radius 2 is 2.17 bits per heavy atom. The lowest BCUT2D eigenvalue weighted by Gasteiger charge is -2.36. The van der Waals surface area contributed by atoms with Gasteiger partial charge in [-0.1, -0.05) is 6.07 Å². The van der Waals surface area contributed by atoms with Crippen molar-refractivity contribution in [3.05, 3.63) is 23.9 Å². The number of anilines is 1. The highest BCUT2D eigenvalue weighted by Crippen LogP contribution is 2.40. The van der Waals surface area contributed by atoms with Gasteiger partial charge in [-0.3, -0.25) is 0 Å². The van der Waals surface area contributed by atoms with Gasteiger partial charge in [-0.05, 0) is 25.3 Å².